The van der Waals surface area contributed by atoms with E-state index in [2.05, 4.69) is 65.6 Å². The van der Waals surface area contributed by atoms with Gasteiger partial charge in [0.15, 0.2) is 0 Å². The molecule has 2 heterocycles. The fourth-order valence-electron chi connectivity index (χ4n) is 5.76. The van der Waals surface area contributed by atoms with Crippen LogP contribution >= 0.6 is 23.4 Å². The zero-order valence-electron chi connectivity index (χ0n) is 34.4. The molecule has 0 aliphatic carbocycles. The molecular formula is C42H66ClN5O7S. The molecule has 12 nitrogen and oxygen atoms in total. The van der Waals surface area contributed by atoms with E-state index in [1.807, 2.05) is 30.8 Å². The largest absolute Gasteiger partial charge is 0.496 e. The minimum atomic E-state index is -0.144. The molecule has 0 bridgehead atoms. The van der Waals surface area contributed by atoms with Gasteiger partial charge in [-0.25, -0.2) is 4.79 Å². The first-order chi connectivity index (χ1) is 26.9. The molecule has 2 fully saturated rings. The molecule has 314 valence electrons. The summed E-state index contributed by atoms with van der Waals surface area (Å²) in [6, 6.07) is 14.3. The van der Waals surface area contributed by atoms with Crippen LogP contribution in [0.2, 0.25) is 0 Å². The molecule has 2 saturated heterocycles. The zero-order valence-corrected chi connectivity index (χ0v) is 35.9. The molecular weight excluding hydrogens is 754 g/mol. The van der Waals surface area contributed by atoms with Crippen LogP contribution in [0.4, 0.5) is 4.79 Å². The zero-order chi connectivity index (χ0) is 41.2. The van der Waals surface area contributed by atoms with Crippen molar-refractivity contribution in [3.8, 4) is 5.75 Å². The van der Waals surface area contributed by atoms with E-state index in [1.54, 1.807) is 26.4 Å². The van der Waals surface area contributed by atoms with Crippen LogP contribution in [0.15, 0.2) is 42.5 Å². The SMILES string of the molecule is CCCC(=O)NCc1ccc(C(=O)NCCOCCc2ccc(CCCCl)cc2OC)cc1.CCCCC(=O)NCC(C)(C)COC.O=C1NC2CSCC2N1. The number of alkyl halides is 1. The third kappa shape index (κ3) is 20.1. The van der Waals surface area contributed by atoms with Crippen LogP contribution in [0.3, 0.4) is 0 Å². The van der Waals surface area contributed by atoms with Crippen molar-refractivity contribution in [2.24, 2.45) is 5.41 Å². The second-order valence-corrected chi connectivity index (χ2v) is 16.1. The number of ether oxygens (including phenoxy) is 3. The number of rotatable bonds is 22. The maximum absolute atomic E-state index is 12.3. The number of thioether (sulfide) groups is 1. The molecule has 0 saturated carbocycles. The van der Waals surface area contributed by atoms with Crippen molar-refractivity contribution in [3.63, 3.8) is 0 Å². The molecule has 2 atom stereocenters. The maximum Gasteiger partial charge on any atom is 0.315 e. The van der Waals surface area contributed by atoms with Crippen molar-refractivity contribution < 1.29 is 33.4 Å². The molecule has 5 amide bonds. The number of carbonyl (C=O) groups excluding carboxylic acids is 4. The van der Waals surface area contributed by atoms with Gasteiger partial charge in [-0.3, -0.25) is 14.4 Å². The lowest BCUT2D eigenvalue weighted by atomic mass is 9.95. The van der Waals surface area contributed by atoms with Gasteiger partial charge in [-0.15, -0.1) is 11.6 Å². The highest BCUT2D eigenvalue weighted by Gasteiger charge is 2.35. The number of urea groups is 1. The average Bonchev–Trinajstić information content (AvgIpc) is 3.78. The second-order valence-electron chi connectivity index (χ2n) is 14.6. The molecule has 4 rings (SSSR count). The number of aryl methyl sites for hydroxylation is 1. The number of amides is 5. The van der Waals surface area contributed by atoms with Gasteiger partial charge < -0.3 is 40.8 Å². The summed E-state index contributed by atoms with van der Waals surface area (Å²) in [5, 5.41) is 14.3. The molecule has 2 aliphatic rings. The standard InChI is InChI=1S/C26H35ClN2O4.C11H23NO2.C5H8N2OS/c1-3-5-25(30)29-19-21-8-11-23(12-9-21)26(31)28-15-17-33-16-13-22-10-7-20(6-4-14-27)18-24(22)32-2;1-5-6-7-10(13)12-8-11(2,3)9-14-4;8-5-6-3-1-9-2-4(3)7-5/h7-12,18H,3-6,13-17,19H2,1-2H3,(H,28,31)(H,29,30);5-9H2,1-4H3,(H,12,13);3-4H,1-2H2,(H2,6,7,8). The highest BCUT2D eigenvalue weighted by molar-refractivity contribution is 7.99. The van der Waals surface area contributed by atoms with Gasteiger partial charge >= 0.3 is 6.03 Å². The van der Waals surface area contributed by atoms with Gasteiger partial charge in [0.2, 0.25) is 11.8 Å². The van der Waals surface area contributed by atoms with E-state index in [9.17, 15) is 19.2 Å². The molecule has 5 N–H and O–H groups in total. The smallest absolute Gasteiger partial charge is 0.315 e. The summed E-state index contributed by atoms with van der Waals surface area (Å²) in [7, 11) is 3.36. The molecule has 0 spiro atoms. The van der Waals surface area contributed by atoms with Gasteiger partial charge in [-0.1, -0.05) is 58.4 Å². The molecule has 14 heteroatoms. The second kappa shape index (κ2) is 28.0. The van der Waals surface area contributed by atoms with E-state index in [4.69, 9.17) is 25.8 Å². The molecule has 2 aliphatic heterocycles. The first-order valence-electron chi connectivity index (χ1n) is 19.8. The number of unbranched alkanes of at least 4 members (excludes halogenated alkanes) is 1. The Balaban J connectivity index is 0.000000380. The van der Waals surface area contributed by atoms with E-state index < -0.39 is 0 Å². The Morgan fingerprint density at radius 3 is 2.16 bits per heavy atom. The van der Waals surface area contributed by atoms with Crippen LogP contribution in [0, 0.1) is 5.41 Å². The highest BCUT2D eigenvalue weighted by Crippen LogP contribution is 2.22. The predicted molar refractivity (Wildman–Crippen MR) is 227 cm³/mol. The Labute approximate surface area is 344 Å². The summed E-state index contributed by atoms with van der Waals surface area (Å²) < 4.78 is 16.3. The Kier molecular flexibility index (Phi) is 24.3. The third-order valence-electron chi connectivity index (χ3n) is 8.95. The number of carbonyl (C=O) groups is 4. The Bertz CT molecular complexity index is 1450. The van der Waals surface area contributed by atoms with Crippen LogP contribution in [0.25, 0.3) is 0 Å². The van der Waals surface area contributed by atoms with E-state index in [-0.39, 0.29) is 29.2 Å². The minimum Gasteiger partial charge on any atom is -0.496 e. The van der Waals surface area contributed by atoms with Crippen molar-refractivity contribution in [1.82, 2.24) is 26.6 Å². The Hall–Kier alpha value is -3.52. The van der Waals surface area contributed by atoms with Gasteiger partial charge in [0.05, 0.1) is 39.0 Å². The predicted octanol–water partition coefficient (Wildman–Crippen LogP) is 6.02. The normalized spacial score (nSPS) is 15.5. The van der Waals surface area contributed by atoms with Gasteiger partial charge in [0.1, 0.15) is 5.75 Å². The summed E-state index contributed by atoms with van der Waals surface area (Å²) in [6.07, 6.45) is 6.64. The quantitative estimate of drug-likeness (QED) is 0.0549. The fraction of sp³-hybridized carbons (Fsp3) is 0.619. The van der Waals surface area contributed by atoms with Crippen molar-refractivity contribution in [2.75, 3.05) is 64.5 Å². The molecule has 2 aromatic carbocycles. The number of methoxy groups -OCH3 is 2. The van der Waals surface area contributed by atoms with Gasteiger partial charge in [-0.05, 0) is 67.0 Å². The Morgan fingerprint density at radius 1 is 0.857 bits per heavy atom. The van der Waals surface area contributed by atoms with E-state index in [0.29, 0.717) is 75.8 Å². The summed E-state index contributed by atoms with van der Waals surface area (Å²) in [4.78, 5) is 45.8. The summed E-state index contributed by atoms with van der Waals surface area (Å²) >= 11 is 7.66. The summed E-state index contributed by atoms with van der Waals surface area (Å²) in [5.74, 6) is 3.71. The van der Waals surface area contributed by atoms with Gasteiger partial charge in [0, 0.05) is 67.9 Å². The molecule has 0 aromatic heterocycles. The molecule has 2 aromatic rings. The van der Waals surface area contributed by atoms with E-state index in [1.165, 1.54) is 5.56 Å². The van der Waals surface area contributed by atoms with Crippen molar-refractivity contribution in [3.05, 3.63) is 64.7 Å². The van der Waals surface area contributed by atoms with Crippen LogP contribution < -0.4 is 31.3 Å². The number of hydrogen-bond acceptors (Lipinski definition) is 8. The molecule has 56 heavy (non-hydrogen) atoms. The van der Waals surface area contributed by atoms with Crippen LogP contribution in [-0.2, 0) is 38.4 Å². The van der Waals surface area contributed by atoms with Crippen molar-refractivity contribution in [1.29, 1.82) is 0 Å². The topological polar surface area (TPSA) is 156 Å². The fourth-order valence-corrected chi connectivity index (χ4v) is 7.17. The average molecular weight is 821 g/mol. The lowest BCUT2D eigenvalue weighted by molar-refractivity contribution is -0.122. The lowest BCUT2D eigenvalue weighted by Gasteiger charge is -2.23. The minimum absolute atomic E-state index is 0.00491. The number of benzene rings is 2. The van der Waals surface area contributed by atoms with E-state index in [0.717, 1.165) is 66.9 Å². The van der Waals surface area contributed by atoms with Crippen molar-refractivity contribution >= 4 is 47.1 Å². The molecule has 2 unspecified atom stereocenters. The van der Waals surface area contributed by atoms with Crippen LogP contribution in [0.5, 0.6) is 5.75 Å². The van der Waals surface area contributed by atoms with E-state index >= 15 is 0 Å². The van der Waals surface area contributed by atoms with Crippen LogP contribution in [0.1, 0.15) is 93.3 Å². The summed E-state index contributed by atoms with van der Waals surface area (Å²) in [5.41, 5.74) is 3.88. The molecule has 0 radical (unpaired) electrons. The number of hydrogen-bond donors (Lipinski definition) is 5. The van der Waals surface area contributed by atoms with Crippen LogP contribution in [-0.4, -0.2) is 100 Å². The Morgan fingerprint density at radius 2 is 1.54 bits per heavy atom. The monoisotopic (exact) mass is 819 g/mol. The number of nitrogens with one attached hydrogen (secondary N) is 5. The maximum atomic E-state index is 12.3. The lowest BCUT2D eigenvalue weighted by Crippen LogP contribution is -2.36. The number of fused-ring (bicyclic) bond motifs is 1. The summed E-state index contributed by atoms with van der Waals surface area (Å²) in [6.45, 7) is 11.4. The van der Waals surface area contributed by atoms with Gasteiger partial charge in [0.25, 0.3) is 5.91 Å². The third-order valence-corrected chi connectivity index (χ3v) is 10.4. The first-order valence-corrected chi connectivity index (χ1v) is 21.5. The number of halogens is 1. The van der Waals surface area contributed by atoms with Gasteiger partial charge in [-0.2, -0.15) is 11.8 Å². The highest BCUT2D eigenvalue weighted by atomic mass is 35.5. The first kappa shape index (κ1) is 48.6. The van der Waals surface area contributed by atoms with Crippen molar-refractivity contribution in [2.45, 2.75) is 97.7 Å².